The summed E-state index contributed by atoms with van der Waals surface area (Å²) < 4.78 is 5.83. The van der Waals surface area contributed by atoms with E-state index in [0.717, 1.165) is 38.2 Å². The predicted octanol–water partition coefficient (Wildman–Crippen LogP) is 2.63. The lowest BCUT2D eigenvalue weighted by Crippen LogP contribution is -2.47. The molecule has 2 fully saturated rings. The minimum atomic E-state index is 0.371. The van der Waals surface area contributed by atoms with Gasteiger partial charge in [-0.15, -0.1) is 0 Å². The van der Waals surface area contributed by atoms with Crippen LogP contribution in [0, 0.1) is 0 Å². The van der Waals surface area contributed by atoms with Gasteiger partial charge in [-0.05, 0) is 44.2 Å². The fourth-order valence-corrected chi connectivity index (χ4v) is 3.78. The van der Waals surface area contributed by atoms with E-state index in [-0.39, 0.29) is 0 Å². The molecule has 0 spiro atoms. The number of ether oxygens (including phenoxy) is 1. The topological polar surface area (TPSA) is 24.5 Å². The normalized spacial score (nSPS) is 30.5. The highest BCUT2D eigenvalue weighted by Gasteiger charge is 2.26. The Kier molecular flexibility index (Phi) is 5.28. The third-order valence-corrected chi connectivity index (χ3v) is 5.09. The highest BCUT2D eigenvalue weighted by Crippen LogP contribution is 2.34. The molecule has 2 aliphatic rings. The summed E-state index contributed by atoms with van der Waals surface area (Å²) in [7, 11) is 2.27. The molecule has 0 aromatic heterocycles. The van der Waals surface area contributed by atoms with Gasteiger partial charge in [-0.1, -0.05) is 30.3 Å². The van der Waals surface area contributed by atoms with Crippen molar-refractivity contribution in [2.45, 2.75) is 43.7 Å². The van der Waals surface area contributed by atoms with Crippen molar-refractivity contribution >= 4 is 0 Å². The van der Waals surface area contributed by atoms with E-state index in [2.05, 4.69) is 47.6 Å². The SMILES string of the molecule is CN(CC1CNCCO1)C1CCC(c2ccccc2)CC1. The van der Waals surface area contributed by atoms with E-state index in [0.29, 0.717) is 6.10 Å². The molecular weight excluding hydrogens is 260 g/mol. The predicted molar refractivity (Wildman–Crippen MR) is 86.7 cm³/mol. The molecule has 1 saturated carbocycles. The summed E-state index contributed by atoms with van der Waals surface area (Å²) in [6.45, 7) is 3.93. The molecule has 1 aromatic carbocycles. The maximum atomic E-state index is 5.83. The molecule has 1 aliphatic heterocycles. The van der Waals surface area contributed by atoms with Gasteiger partial charge in [0.25, 0.3) is 0 Å². The molecule has 1 N–H and O–H groups in total. The van der Waals surface area contributed by atoms with Crippen LogP contribution in [0.4, 0.5) is 0 Å². The van der Waals surface area contributed by atoms with Gasteiger partial charge in [-0.2, -0.15) is 0 Å². The van der Waals surface area contributed by atoms with Crippen LogP contribution in [0.5, 0.6) is 0 Å². The molecule has 1 saturated heterocycles. The van der Waals surface area contributed by atoms with Gasteiger partial charge >= 0.3 is 0 Å². The average molecular weight is 288 g/mol. The van der Waals surface area contributed by atoms with Crippen molar-refractivity contribution in [3.8, 4) is 0 Å². The number of morpholine rings is 1. The fourth-order valence-electron chi connectivity index (χ4n) is 3.78. The number of hydrogen-bond acceptors (Lipinski definition) is 3. The highest BCUT2D eigenvalue weighted by atomic mass is 16.5. The minimum Gasteiger partial charge on any atom is -0.374 e. The van der Waals surface area contributed by atoms with E-state index in [4.69, 9.17) is 4.74 Å². The zero-order valence-electron chi connectivity index (χ0n) is 13.1. The first-order valence-corrected chi connectivity index (χ1v) is 8.40. The second kappa shape index (κ2) is 7.39. The minimum absolute atomic E-state index is 0.371. The second-order valence-electron chi connectivity index (χ2n) is 6.55. The summed E-state index contributed by atoms with van der Waals surface area (Å²) in [5.41, 5.74) is 1.53. The van der Waals surface area contributed by atoms with Gasteiger partial charge in [-0.25, -0.2) is 0 Å². The number of benzene rings is 1. The lowest BCUT2D eigenvalue weighted by molar-refractivity contribution is -0.000697. The van der Waals surface area contributed by atoms with Gasteiger partial charge in [0.05, 0.1) is 12.7 Å². The molecule has 1 atom stereocenters. The monoisotopic (exact) mass is 288 g/mol. The van der Waals surface area contributed by atoms with Crippen molar-refractivity contribution in [1.29, 1.82) is 0 Å². The Bertz CT molecular complexity index is 408. The fraction of sp³-hybridized carbons (Fsp3) is 0.667. The maximum Gasteiger partial charge on any atom is 0.0826 e. The van der Waals surface area contributed by atoms with Crippen molar-refractivity contribution in [2.75, 3.05) is 33.3 Å². The summed E-state index contributed by atoms with van der Waals surface area (Å²) in [6.07, 6.45) is 5.65. The van der Waals surface area contributed by atoms with E-state index in [9.17, 15) is 0 Å². The molecule has 21 heavy (non-hydrogen) atoms. The highest BCUT2D eigenvalue weighted by molar-refractivity contribution is 5.20. The van der Waals surface area contributed by atoms with E-state index in [1.54, 1.807) is 0 Å². The van der Waals surface area contributed by atoms with Crippen LogP contribution in [0.2, 0.25) is 0 Å². The molecule has 0 radical (unpaired) electrons. The van der Waals surface area contributed by atoms with Crippen LogP contribution in [-0.4, -0.2) is 50.3 Å². The first-order valence-electron chi connectivity index (χ1n) is 8.40. The largest absolute Gasteiger partial charge is 0.374 e. The van der Waals surface area contributed by atoms with Crippen LogP contribution < -0.4 is 5.32 Å². The first kappa shape index (κ1) is 15.0. The smallest absolute Gasteiger partial charge is 0.0826 e. The lowest BCUT2D eigenvalue weighted by atomic mass is 9.81. The quantitative estimate of drug-likeness (QED) is 0.922. The van der Waals surface area contributed by atoms with E-state index in [1.165, 1.54) is 31.2 Å². The first-order chi connectivity index (χ1) is 10.3. The number of nitrogens with one attached hydrogen (secondary N) is 1. The number of likely N-dealkylation sites (N-methyl/N-ethyl adjacent to an activating group) is 1. The van der Waals surface area contributed by atoms with Gasteiger partial charge < -0.3 is 15.0 Å². The Morgan fingerprint density at radius 1 is 1.14 bits per heavy atom. The summed E-state index contributed by atoms with van der Waals surface area (Å²) in [5, 5.41) is 3.42. The van der Waals surface area contributed by atoms with Gasteiger partial charge in [0.1, 0.15) is 0 Å². The van der Waals surface area contributed by atoms with Gasteiger partial charge in [0.2, 0.25) is 0 Å². The van der Waals surface area contributed by atoms with Crippen LogP contribution in [0.1, 0.15) is 37.2 Å². The van der Waals surface area contributed by atoms with Gasteiger partial charge in [-0.3, -0.25) is 0 Å². The lowest BCUT2D eigenvalue weighted by Gasteiger charge is -2.37. The van der Waals surface area contributed by atoms with Crippen molar-refractivity contribution in [3.63, 3.8) is 0 Å². The summed E-state index contributed by atoms with van der Waals surface area (Å²) in [4.78, 5) is 2.53. The van der Waals surface area contributed by atoms with Gasteiger partial charge in [0.15, 0.2) is 0 Å². The molecule has 0 amide bonds. The van der Waals surface area contributed by atoms with Crippen LogP contribution in [-0.2, 0) is 4.74 Å². The number of rotatable bonds is 4. The third-order valence-electron chi connectivity index (χ3n) is 5.09. The maximum absolute atomic E-state index is 5.83. The molecule has 3 heteroatoms. The molecule has 3 nitrogen and oxygen atoms in total. The third kappa shape index (κ3) is 4.06. The van der Waals surface area contributed by atoms with Crippen LogP contribution >= 0.6 is 0 Å². The van der Waals surface area contributed by atoms with E-state index in [1.807, 2.05) is 0 Å². The summed E-state index contributed by atoms with van der Waals surface area (Å²) in [5.74, 6) is 0.767. The van der Waals surface area contributed by atoms with Crippen molar-refractivity contribution in [3.05, 3.63) is 35.9 Å². The summed E-state index contributed by atoms with van der Waals surface area (Å²) in [6, 6.07) is 11.8. The van der Waals surface area contributed by atoms with Crippen molar-refractivity contribution < 1.29 is 4.74 Å². The Labute approximate surface area is 128 Å². The Hall–Kier alpha value is -0.900. The molecule has 3 rings (SSSR count). The van der Waals surface area contributed by atoms with Crippen LogP contribution in [0.3, 0.4) is 0 Å². The number of hydrogen-bond donors (Lipinski definition) is 1. The molecule has 1 heterocycles. The standard InChI is InChI=1S/C18H28N2O/c1-20(14-18-13-19-11-12-21-18)17-9-7-16(8-10-17)15-5-3-2-4-6-15/h2-6,16-19H,7-14H2,1H3. The molecule has 1 unspecified atom stereocenters. The molecule has 116 valence electrons. The van der Waals surface area contributed by atoms with E-state index >= 15 is 0 Å². The van der Waals surface area contributed by atoms with Crippen LogP contribution in [0.15, 0.2) is 30.3 Å². The molecular formula is C18H28N2O. The number of nitrogens with zero attached hydrogens (tertiary/aromatic N) is 1. The Morgan fingerprint density at radius 3 is 2.57 bits per heavy atom. The van der Waals surface area contributed by atoms with E-state index < -0.39 is 0 Å². The second-order valence-corrected chi connectivity index (χ2v) is 6.55. The van der Waals surface area contributed by atoms with Crippen LogP contribution in [0.25, 0.3) is 0 Å². The van der Waals surface area contributed by atoms with Crippen molar-refractivity contribution in [2.24, 2.45) is 0 Å². The average Bonchev–Trinajstić information content (AvgIpc) is 2.57. The summed E-state index contributed by atoms with van der Waals surface area (Å²) >= 11 is 0. The molecule has 1 aromatic rings. The Balaban J connectivity index is 1.46. The zero-order chi connectivity index (χ0) is 14.5. The molecule has 0 bridgehead atoms. The Morgan fingerprint density at radius 2 is 1.90 bits per heavy atom. The van der Waals surface area contributed by atoms with Gasteiger partial charge in [0, 0.05) is 25.7 Å². The molecule has 1 aliphatic carbocycles. The zero-order valence-corrected chi connectivity index (χ0v) is 13.1. The van der Waals surface area contributed by atoms with Crippen molar-refractivity contribution in [1.82, 2.24) is 10.2 Å².